The first-order valence-electron chi connectivity index (χ1n) is 4.60. The number of carbonyl (C=O) groups is 1. The van der Waals surface area contributed by atoms with Crippen LogP contribution in [0.15, 0.2) is 23.0 Å². The molecule has 1 aromatic rings. The first-order chi connectivity index (χ1) is 6.55. The highest BCUT2D eigenvalue weighted by Crippen LogP contribution is 2.09. The fraction of sp³-hybridized carbons (Fsp3) is 0.500. The van der Waals surface area contributed by atoms with Crippen LogP contribution in [0.25, 0.3) is 0 Å². The lowest BCUT2D eigenvalue weighted by molar-refractivity contribution is 0.0910. The Bertz CT molecular complexity index is 291. The lowest BCUT2D eigenvalue weighted by Crippen LogP contribution is -2.44. The maximum atomic E-state index is 11.6. The highest BCUT2D eigenvalue weighted by Gasteiger charge is 2.20. The van der Waals surface area contributed by atoms with E-state index in [9.17, 15) is 4.79 Å². The third-order valence-corrected chi connectivity index (χ3v) is 2.00. The van der Waals surface area contributed by atoms with Crippen LogP contribution in [0.4, 0.5) is 0 Å². The molecule has 0 unspecified atom stereocenters. The van der Waals surface area contributed by atoms with E-state index in [0.717, 1.165) is 6.42 Å². The van der Waals surface area contributed by atoms with Crippen molar-refractivity contribution in [2.75, 3.05) is 6.54 Å². The molecule has 1 heterocycles. The number of hydrogen-bond donors (Lipinski definition) is 2. The quantitative estimate of drug-likeness (QED) is 0.758. The number of carbonyl (C=O) groups excluding carboxylic acids is 1. The van der Waals surface area contributed by atoms with E-state index in [-0.39, 0.29) is 11.4 Å². The summed E-state index contributed by atoms with van der Waals surface area (Å²) in [5.74, 6) is -0.128. The molecule has 0 atom stereocenters. The van der Waals surface area contributed by atoms with Crippen molar-refractivity contribution in [1.82, 2.24) is 5.32 Å². The van der Waals surface area contributed by atoms with E-state index in [2.05, 4.69) is 5.32 Å². The summed E-state index contributed by atoms with van der Waals surface area (Å²) in [5, 5.41) is 2.88. The smallest absolute Gasteiger partial charge is 0.254 e. The first-order valence-corrected chi connectivity index (χ1v) is 4.60. The third-order valence-electron chi connectivity index (χ3n) is 2.00. The second-order valence-corrected chi connectivity index (χ2v) is 3.89. The van der Waals surface area contributed by atoms with Gasteiger partial charge in [-0.1, -0.05) is 0 Å². The number of furan rings is 1. The predicted octanol–water partition coefficient (Wildman–Crippen LogP) is 1.14. The van der Waals surface area contributed by atoms with Crippen molar-refractivity contribution in [1.29, 1.82) is 0 Å². The van der Waals surface area contributed by atoms with Crippen molar-refractivity contribution in [3.05, 3.63) is 24.2 Å². The van der Waals surface area contributed by atoms with Gasteiger partial charge in [0.05, 0.1) is 11.8 Å². The summed E-state index contributed by atoms with van der Waals surface area (Å²) in [7, 11) is 0. The minimum atomic E-state index is -0.275. The van der Waals surface area contributed by atoms with E-state index >= 15 is 0 Å². The van der Waals surface area contributed by atoms with Gasteiger partial charge in [0.1, 0.15) is 6.26 Å². The molecule has 0 fully saturated rings. The summed E-state index contributed by atoms with van der Waals surface area (Å²) >= 11 is 0. The monoisotopic (exact) mass is 196 g/mol. The second kappa shape index (κ2) is 4.28. The molecule has 14 heavy (non-hydrogen) atoms. The van der Waals surface area contributed by atoms with Crippen LogP contribution in [-0.2, 0) is 0 Å². The molecule has 0 saturated carbocycles. The van der Waals surface area contributed by atoms with Crippen LogP contribution in [0.3, 0.4) is 0 Å². The largest absolute Gasteiger partial charge is 0.472 e. The number of hydrogen-bond acceptors (Lipinski definition) is 3. The number of nitrogens with one attached hydrogen (secondary N) is 1. The predicted molar refractivity (Wildman–Crippen MR) is 53.9 cm³/mol. The van der Waals surface area contributed by atoms with Crippen LogP contribution in [0.2, 0.25) is 0 Å². The molecule has 1 rings (SSSR count). The van der Waals surface area contributed by atoms with Crippen LogP contribution in [0, 0.1) is 0 Å². The van der Waals surface area contributed by atoms with E-state index in [0.29, 0.717) is 12.1 Å². The molecule has 1 aromatic heterocycles. The SMILES string of the molecule is CC(C)(CCN)NC(=O)c1ccoc1. The van der Waals surface area contributed by atoms with Gasteiger partial charge in [0.15, 0.2) is 0 Å². The zero-order valence-corrected chi connectivity index (χ0v) is 8.54. The van der Waals surface area contributed by atoms with Crippen LogP contribution in [0.5, 0.6) is 0 Å². The average molecular weight is 196 g/mol. The zero-order chi connectivity index (χ0) is 10.6. The molecular formula is C10H16N2O2. The molecule has 0 spiro atoms. The molecule has 0 radical (unpaired) electrons. The summed E-state index contributed by atoms with van der Waals surface area (Å²) in [6.07, 6.45) is 3.65. The minimum absolute atomic E-state index is 0.128. The maximum Gasteiger partial charge on any atom is 0.254 e. The van der Waals surface area contributed by atoms with Crippen LogP contribution < -0.4 is 11.1 Å². The van der Waals surface area contributed by atoms with Gasteiger partial charge >= 0.3 is 0 Å². The number of rotatable bonds is 4. The van der Waals surface area contributed by atoms with Gasteiger partial charge < -0.3 is 15.5 Å². The summed E-state index contributed by atoms with van der Waals surface area (Å²) < 4.78 is 4.82. The molecule has 0 aliphatic heterocycles. The Morgan fingerprint density at radius 2 is 2.36 bits per heavy atom. The van der Waals surface area contributed by atoms with Gasteiger partial charge in [0.25, 0.3) is 5.91 Å². The molecule has 0 aromatic carbocycles. The normalized spacial score (nSPS) is 11.4. The van der Waals surface area contributed by atoms with E-state index in [1.807, 2.05) is 13.8 Å². The number of nitrogens with two attached hydrogens (primary N) is 1. The molecule has 0 saturated heterocycles. The van der Waals surface area contributed by atoms with Crippen LogP contribution >= 0.6 is 0 Å². The first kappa shape index (κ1) is 10.8. The Morgan fingerprint density at radius 3 is 2.86 bits per heavy atom. The fourth-order valence-corrected chi connectivity index (χ4v) is 1.20. The molecule has 4 heteroatoms. The Labute approximate surface area is 83.5 Å². The molecule has 78 valence electrons. The van der Waals surface area contributed by atoms with Gasteiger partial charge in [0, 0.05) is 5.54 Å². The van der Waals surface area contributed by atoms with Crippen molar-refractivity contribution >= 4 is 5.91 Å². The van der Waals surface area contributed by atoms with Crippen molar-refractivity contribution in [2.45, 2.75) is 25.8 Å². The van der Waals surface area contributed by atoms with E-state index < -0.39 is 0 Å². The Hall–Kier alpha value is -1.29. The van der Waals surface area contributed by atoms with Crippen LogP contribution in [-0.4, -0.2) is 18.0 Å². The summed E-state index contributed by atoms with van der Waals surface area (Å²) in [5.41, 5.74) is 5.70. The Morgan fingerprint density at radius 1 is 1.64 bits per heavy atom. The standard InChI is InChI=1S/C10H16N2O2/c1-10(2,4-5-11)12-9(13)8-3-6-14-7-8/h3,6-7H,4-5,11H2,1-2H3,(H,12,13). The topological polar surface area (TPSA) is 68.3 Å². The summed E-state index contributed by atoms with van der Waals surface area (Å²) in [6, 6.07) is 1.63. The van der Waals surface area contributed by atoms with E-state index in [1.165, 1.54) is 12.5 Å². The van der Waals surface area contributed by atoms with Gasteiger partial charge in [-0.2, -0.15) is 0 Å². The van der Waals surface area contributed by atoms with Gasteiger partial charge in [-0.05, 0) is 32.9 Å². The molecule has 0 aliphatic carbocycles. The van der Waals surface area contributed by atoms with Crippen LogP contribution in [0.1, 0.15) is 30.6 Å². The highest BCUT2D eigenvalue weighted by molar-refractivity contribution is 5.94. The molecule has 1 amide bonds. The minimum Gasteiger partial charge on any atom is -0.472 e. The lowest BCUT2D eigenvalue weighted by atomic mass is 10.0. The van der Waals surface area contributed by atoms with Crippen molar-refractivity contribution in [3.63, 3.8) is 0 Å². The lowest BCUT2D eigenvalue weighted by Gasteiger charge is -2.25. The molecule has 0 aliphatic rings. The second-order valence-electron chi connectivity index (χ2n) is 3.89. The molecular weight excluding hydrogens is 180 g/mol. The highest BCUT2D eigenvalue weighted by atomic mass is 16.3. The summed E-state index contributed by atoms with van der Waals surface area (Å²) in [4.78, 5) is 11.6. The van der Waals surface area contributed by atoms with Gasteiger partial charge in [-0.25, -0.2) is 0 Å². The van der Waals surface area contributed by atoms with E-state index in [4.69, 9.17) is 10.2 Å². The van der Waals surface area contributed by atoms with Crippen molar-refractivity contribution < 1.29 is 9.21 Å². The molecule has 3 N–H and O–H groups in total. The van der Waals surface area contributed by atoms with Gasteiger partial charge in [-0.3, -0.25) is 4.79 Å². The van der Waals surface area contributed by atoms with Gasteiger partial charge in [0.2, 0.25) is 0 Å². The zero-order valence-electron chi connectivity index (χ0n) is 8.54. The number of amides is 1. The average Bonchev–Trinajstić information content (AvgIpc) is 2.53. The summed E-state index contributed by atoms with van der Waals surface area (Å²) in [6.45, 7) is 4.44. The Balaban J connectivity index is 2.57. The van der Waals surface area contributed by atoms with E-state index in [1.54, 1.807) is 6.07 Å². The Kier molecular flexibility index (Phi) is 3.30. The fourth-order valence-electron chi connectivity index (χ4n) is 1.20. The third kappa shape index (κ3) is 2.88. The van der Waals surface area contributed by atoms with Crippen molar-refractivity contribution in [2.24, 2.45) is 5.73 Å². The molecule has 4 nitrogen and oxygen atoms in total. The van der Waals surface area contributed by atoms with Gasteiger partial charge in [-0.15, -0.1) is 0 Å². The maximum absolute atomic E-state index is 11.6. The molecule has 0 bridgehead atoms. The van der Waals surface area contributed by atoms with Crippen molar-refractivity contribution in [3.8, 4) is 0 Å².